The maximum absolute atomic E-state index is 11.9. The van der Waals surface area contributed by atoms with Crippen LogP contribution in [0, 0.1) is 0 Å². The Hall–Kier alpha value is -1.95. The third-order valence-corrected chi connectivity index (χ3v) is 4.12. The van der Waals surface area contributed by atoms with Gasteiger partial charge in [-0.3, -0.25) is 4.79 Å². The van der Waals surface area contributed by atoms with Crippen molar-refractivity contribution in [3.8, 4) is 11.5 Å². The van der Waals surface area contributed by atoms with Gasteiger partial charge < -0.3 is 20.1 Å². The Morgan fingerprint density at radius 3 is 2.75 bits per heavy atom. The van der Waals surface area contributed by atoms with Crippen molar-refractivity contribution >= 4 is 34.8 Å². The smallest absolute Gasteiger partial charge is 0.238 e. The minimum atomic E-state index is -0.129. The molecule has 1 aliphatic rings. The Kier molecular flexibility index (Phi) is 5.45. The van der Waals surface area contributed by atoms with E-state index in [1.54, 1.807) is 30.3 Å². The molecule has 0 atom stereocenters. The highest BCUT2D eigenvalue weighted by Crippen LogP contribution is 2.34. The highest BCUT2D eigenvalue weighted by molar-refractivity contribution is 6.35. The van der Waals surface area contributed by atoms with E-state index in [-0.39, 0.29) is 19.2 Å². The molecule has 1 aliphatic heterocycles. The molecule has 2 aromatic carbocycles. The molecule has 5 nitrogen and oxygen atoms in total. The minimum absolute atomic E-state index is 0.129. The van der Waals surface area contributed by atoms with Gasteiger partial charge in [-0.15, -0.1) is 0 Å². The number of anilines is 1. The van der Waals surface area contributed by atoms with Crippen molar-refractivity contribution in [2.45, 2.75) is 6.42 Å². The maximum atomic E-state index is 11.9. The van der Waals surface area contributed by atoms with Crippen LogP contribution < -0.4 is 20.1 Å². The van der Waals surface area contributed by atoms with Gasteiger partial charge in [-0.05, 0) is 42.8 Å². The highest BCUT2D eigenvalue weighted by Gasteiger charge is 2.14. The minimum Gasteiger partial charge on any atom is -0.454 e. The zero-order valence-electron chi connectivity index (χ0n) is 12.8. The van der Waals surface area contributed by atoms with E-state index in [0.717, 1.165) is 5.56 Å². The molecule has 0 spiro atoms. The van der Waals surface area contributed by atoms with Gasteiger partial charge >= 0.3 is 0 Å². The summed E-state index contributed by atoms with van der Waals surface area (Å²) in [4.78, 5) is 11.9. The molecule has 0 fully saturated rings. The van der Waals surface area contributed by atoms with Crippen LogP contribution in [0.5, 0.6) is 11.5 Å². The van der Waals surface area contributed by atoms with Crippen molar-refractivity contribution in [1.82, 2.24) is 5.32 Å². The summed E-state index contributed by atoms with van der Waals surface area (Å²) in [6, 6.07) is 10.7. The van der Waals surface area contributed by atoms with Gasteiger partial charge in [0.2, 0.25) is 12.7 Å². The third-order valence-electron chi connectivity index (χ3n) is 3.53. The molecular formula is C17H16Cl2N2O3. The van der Waals surface area contributed by atoms with Crippen LogP contribution in [0.2, 0.25) is 10.0 Å². The summed E-state index contributed by atoms with van der Waals surface area (Å²) in [5.41, 5.74) is 1.66. The fourth-order valence-electron chi connectivity index (χ4n) is 2.33. The van der Waals surface area contributed by atoms with E-state index in [2.05, 4.69) is 10.6 Å². The van der Waals surface area contributed by atoms with E-state index in [9.17, 15) is 4.79 Å². The lowest BCUT2D eigenvalue weighted by Gasteiger charge is -2.08. The second kappa shape index (κ2) is 7.75. The zero-order valence-corrected chi connectivity index (χ0v) is 14.3. The lowest BCUT2D eigenvalue weighted by Crippen LogP contribution is -2.29. The number of rotatable bonds is 6. The van der Waals surface area contributed by atoms with Crippen molar-refractivity contribution in [3.63, 3.8) is 0 Å². The second-order valence-corrected chi connectivity index (χ2v) is 6.12. The molecule has 0 unspecified atom stereocenters. The largest absolute Gasteiger partial charge is 0.454 e. The molecule has 0 saturated carbocycles. The number of hydrogen-bond donors (Lipinski definition) is 2. The Labute approximate surface area is 149 Å². The first-order valence-electron chi connectivity index (χ1n) is 7.46. The summed E-state index contributed by atoms with van der Waals surface area (Å²) >= 11 is 12.0. The molecule has 0 saturated heterocycles. The molecule has 24 heavy (non-hydrogen) atoms. The van der Waals surface area contributed by atoms with Crippen LogP contribution in [0.4, 0.5) is 5.69 Å². The predicted octanol–water partition coefficient (Wildman–Crippen LogP) is 3.49. The van der Waals surface area contributed by atoms with E-state index in [4.69, 9.17) is 32.7 Å². The normalized spacial score (nSPS) is 12.2. The Morgan fingerprint density at radius 1 is 1.08 bits per heavy atom. The molecular weight excluding hydrogens is 351 g/mol. The van der Waals surface area contributed by atoms with Crippen LogP contribution in [0.15, 0.2) is 36.4 Å². The van der Waals surface area contributed by atoms with Gasteiger partial charge in [-0.25, -0.2) is 0 Å². The lowest BCUT2D eigenvalue weighted by atomic mass is 10.1. The van der Waals surface area contributed by atoms with Gasteiger partial charge in [0.1, 0.15) is 0 Å². The van der Waals surface area contributed by atoms with E-state index in [1.807, 2.05) is 6.07 Å². The number of benzene rings is 2. The van der Waals surface area contributed by atoms with Gasteiger partial charge in [0.15, 0.2) is 11.5 Å². The van der Waals surface area contributed by atoms with Gasteiger partial charge in [0.25, 0.3) is 0 Å². The first kappa shape index (κ1) is 16.9. The van der Waals surface area contributed by atoms with E-state index >= 15 is 0 Å². The fourth-order valence-corrected chi connectivity index (χ4v) is 2.83. The van der Waals surface area contributed by atoms with Crippen molar-refractivity contribution in [1.29, 1.82) is 0 Å². The van der Waals surface area contributed by atoms with Crippen LogP contribution in [0.3, 0.4) is 0 Å². The lowest BCUT2D eigenvalue weighted by molar-refractivity contribution is -0.115. The van der Waals surface area contributed by atoms with Crippen LogP contribution in [-0.4, -0.2) is 25.8 Å². The fraction of sp³-hybridized carbons (Fsp3) is 0.235. The number of carbonyl (C=O) groups is 1. The summed E-state index contributed by atoms with van der Waals surface area (Å²) in [6.07, 6.45) is 0.716. The Balaban J connectivity index is 1.42. The Bertz CT molecular complexity index is 753. The molecule has 0 bridgehead atoms. The van der Waals surface area contributed by atoms with Crippen molar-refractivity contribution in [3.05, 3.63) is 52.0 Å². The molecule has 1 amide bonds. The molecule has 2 aromatic rings. The average Bonchev–Trinajstić information content (AvgIpc) is 3.01. The van der Waals surface area contributed by atoms with E-state index < -0.39 is 0 Å². The summed E-state index contributed by atoms with van der Waals surface area (Å²) < 4.78 is 10.5. The average molecular weight is 367 g/mol. The third kappa shape index (κ3) is 4.32. The number of halogens is 2. The standard InChI is InChI=1S/C17H16Cl2N2O3/c18-12-2-1-11(14(19)7-12)5-6-20-9-17(22)21-13-3-4-15-16(8-13)24-10-23-15/h1-4,7-8,20H,5-6,9-10H2,(H,21,22). The molecule has 3 rings (SSSR count). The highest BCUT2D eigenvalue weighted by atomic mass is 35.5. The number of amides is 1. The summed E-state index contributed by atoms with van der Waals surface area (Å²) in [7, 11) is 0. The number of ether oxygens (including phenoxy) is 2. The van der Waals surface area contributed by atoms with Crippen LogP contribution >= 0.6 is 23.2 Å². The maximum Gasteiger partial charge on any atom is 0.238 e. The topological polar surface area (TPSA) is 59.6 Å². The zero-order chi connectivity index (χ0) is 16.9. The number of carbonyl (C=O) groups excluding carboxylic acids is 1. The first-order valence-corrected chi connectivity index (χ1v) is 8.21. The van der Waals surface area contributed by atoms with E-state index in [1.165, 1.54) is 0 Å². The van der Waals surface area contributed by atoms with Crippen LogP contribution in [0.1, 0.15) is 5.56 Å². The molecule has 7 heteroatoms. The van der Waals surface area contributed by atoms with Gasteiger partial charge in [0.05, 0.1) is 6.54 Å². The molecule has 1 heterocycles. The summed E-state index contributed by atoms with van der Waals surface area (Å²) in [5, 5.41) is 7.14. The van der Waals surface area contributed by atoms with Crippen LogP contribution in [0.25, 0.3) is 0 Å². The number of fused-ring (bicyclic) bond motifs is 1. The van der Waals surface area contributed by atoms with Crippen molar-refractivity contribution in [2.24, 2.45) is 0 Å². The molecule has 0 radical (unpaired) electrons. The van der Waals surface area contributed by atoms with Gasteiger partial charge in [0, 0.05) is 21.8 Å². The predicted molar refractivity (Wildman–Crippen MR) is 94.2 cm³/mol. The van der Waals surface area contributed by atoms with Crippen molar-refractivity contribution in [2.75, 3.05) is 25.2 Å². The Morgan fingerprint density at radius 2 is 1.92 bits per heavy atom. The molecule has 2 N–H and O–H groups in total. The number of nitrogens with one attached hydrogen (secondary N) is 2. The van der Waals surface area contributed by atoms with Gasteiger partial charge in [-0.2, -0.15) is 0 Å². The number of hydrogen-bond acceptors (Lipinski definition) is 4. The molecule has 0 aliphatic carbocycles. The molecule has 0 aromatic heterocycles. The summed E-state index contributed by atoms with van der Waals surface area (Å²) in [6.45, 7) is 1.05. The quantitative estimate of drug-likeness (QED) is 0.768. The summed E-state index contributed by atoms with van der Waals surface area (Å²) in [5.74, 6) is 1.19. The second-order valence-electron chi connectivity index (χ2n) is 5.28. The monoisotopic (exact) mass is 366 g/mol. The van der Waals surface area contributed by atoms with Crippen LogP contribution in [-0.2, 0) is 11.2 Å². The molecule has 126 valence electrons. The first-order chi connectivity index (χ1) is 11.6. The van der Waals surface area contributed by atoms with Crippen molar-refractivity contribution < 1.29 is 14.3 Å². The van der Waals surface area contributed by atoms with E-state index in [0.29, 0.717) is 40.2 Å². The van der Waals surface area contributed by atoms with Gasteiger partial charge in [-0.1, -0.05) is 29.3 Å². The SMILES string of the molecule is O=C(CNCCc1ccc(Cl)cc1Cl)Nc1ccc2c(c1)OCO2.